The Morgan fingerprint density at radius 3 is 2.71 bits per heavy atom. The zero-order valence-corrected chi connectivity index (χ0v) is 16.4. The maximum absolute atomic E-state index is 11.5. The summed E-state index contributed by atoms with van der Waals surface area (Å²) in [5, 5.41) is 15.4. The van der Waals surface area contributed by atoms with E-state index in [-0.39, 0.29) is 35.9 Å². The molecule has 2 rings (SSSR count). The van der Waals surface area contributed by atoms with Crippen molar-refractivity contribution in [3.8, 4) is 6.07 Å². The van der Waals surface area contributed by atoms with Crippen LogP contribution in [-0.4, -0.2) is 42.9 Å². The van der Waals surface area contributed by atoms with Gasteiger partial charge < -0.3 is 15.5 Å². The van der Waals surface area contributed by atoms with Gasteiger partial charge in [0.25, 0.3) is 0 Å². The number of piperidine rings is 1. The number of aliphatic imine (C=N–C) groups is 1. The maximum atomic E-state index is 11.5. The molecule has 1 heterocycles. The summed E-state index contributed by atoms with van der Waals surface area (Å²) in [7, 11) is 1.83. The number of rotatable bonds is 4. The lowest BCUT2D eigenvalue weighted by Gasteiger charge is -2.31. The minimum atomic E-state index is 0. The molecule has 1 aliphatic heterocycles. The van der Waals surface area contributed by atoms with Crippen molar-refractivity contribution in [1.29, 1.82) is 5.26 Å². The highest BCUT2D eigenvalue weighted by molar-refractivity contribution is 14.0. The number of carbonyl (C=O) groups excluding carboxylic acids is 1. The Morgan fingerprint density at radius 1 is 1.42 bits per heavy atom. The molecule has 1 unspecified atom stereocenters. The Kier molecular flexibility index (Phi) is 8.54. The molecule has 130 valence electrons. The van der Waals surface area contributed by atoms with Gasteiger partial charge in [-0.05, 0) is 31.0 Å². The van der Waals surface area contributed by atoms with E-state index in [2.05, 4.69) is 21.7 Å². The van der Waals surface area contributed by atoms with Crippen LogP contribution in [0.3, 0.4) is 0 Å². The molecule has 6 nitrogen and oxygen atoms in total. The monoisotopic (exact) mass is 441 g/mol. The number of halogens is 1. The van der Waals surface area contributed by atoms with Gasteiger partial charge in [-0.25, -0.2) is 4.99 Å². The molecule has 1 saturated heterocycles. The first kappa shape index (κ1) is 20.2. The molecule has 1 aliphatic rings. The summed E-state index contributed by atoms with van der Waals surface area (Å²) >= 11 is 0. The molecule has 1 fully saturated rings. The second-order valence-corrected chi connectivity index (χ2v) is 5.66. The average molecular weight is 441 g/mol. The number of nitriles is 1. The normalized spacial score (nSPS) is 17.7. The first-order chi connectivity index (χ1) is 11.1. The Morgan fingerprint density at radius 2 is 2.12 bits per heavy atom. The van der Waals surface area contributed by atoms with E-state index in [4.69, 9.17) is 5.26 Å². The van der Waals surface area contributed by atoms with Crippen molar-refractivity contribution in [3.05, 3.63) is 35.4 Å². The summed E-state index contributed by atoms with van der Waals surface area (Å²) in [5.74, 6) is 0.951. The SMILES string of the molecule is CCNC(=NCc1ccc(C#N)cc1)NC1CCC(=O)N(C)C1.I. The smallest absolute Gasteiger partial charge is 0.222 e. The Balaban J connectivity index is 0.00000288. The fourth-order valence-corrected chi connectivity index (χ4v) is 2.50. The van der Waals surface area contributed by atoms with Crippen LogP contribution in [0.1, 0.15) is 30.9 Å². The Hall–Kier alpha value is -1.82. The van der Waals surface area contributed by atoms with E-state index in [1.807, 2.05) is 26.1 Å². The molecular formula is C17H24IN5O. The van der Waals surface area contributed by atoms with Gasteiger partial charge in [0.2, 0.25) is 5.91 Å². The molecule has 24 heavy (non-hydrogen) atoms. The van der Waals surface area contributed by atoms with Crippen LogP contribution in [0, 0.1) is 11.3 Å². The van der Waals surface area contributed by atoms with E-state index in [0.29, 0.717) is 25.1 Å². The van der Waals surface area contributed by atoms with Gasteiger partial charge in [-0.2, -0.15) is 5.26 Å². The fourth-order valence-electron chi connectivity index (χ4n) is 2.50. The van der Waals surface area contributed by atoms with Crippen LogP contribution in [0.2, 0.25) is 0 Å². The molecule has 0 aliphatic carbocycles. The highest BCUT2D eigenvalue weighted by Gasteiger charge is 2.23. The van der Waals surface area contributed by atoms with Gasteiger partial charge in [-0.1, -0.05) is 12.1 Å². The largest absolute Gasteiger partial charge is 0.357 e. The van der Waals surface area contributed by atoms with Crippen LogP contribution in [0.4, 0.5) is 0 Å². The first-order valence-electron chi connectivity index (χ1n) is 7.90. The Bertz CT molecular complexity index is 608. The third kappa shape index (κ3) is 6.00. The lowest BCUT2D eigenvalue weighted by molar-refractivity contribution is -0.132. The van der Waals surface area contributed by atoms with Crippen LogP contribution < -0.4 is 10.6 Å². The van der Waals surface area contributed by atoms with Gasteiger partial charge >= 0.3 is 0 Å². The summed E-state index contributed by atoms with van der Waals surface area (Å²) in [6, 6.07) is 9.76. The molecule has 0 spiro atoms. The highest BCUT2D eigenvalue weighted by atomic mass is 127. The van der Waals surface area contributed by atoms with Gasteiger partial charge in [0.1, 0.15) is 0 Å². The standard InChI is InChI=1S/C17H23N5O.HI/c1-3-19-17(21-15-8-9-16(23)22(2)12-15)20-11-14-6-4-13(10-18)5-7-14;/h4-7,15H,3,8-9,11-12H2,1-2H3,(H2,19,20,21);1H. The van der Waals surface area contributed by atoms with Crippen LogP contribution in [0.5, 0.6) is 0 Å². The molecule has 0 saturated carbocycles. The third-order valence-electron chi connectivity index (χ3n) is 3.81. The number of hydrogen-bond donors (Lipinski definition) is 2. The number of likely N-dealkylation sites (tertiary alicyclic amines) is 1. The maximum Gasteiger partial charge on any atom is 0.222 e. The van der Waals surface area contributed by atoms with Gasteiger partial charge in [0.15, 0.2) is 5.96 Å². The zero-order valence-electron chi connectivity index (χ0n) is 14.1. The van der Waals surface area contributed by atoms with Crippen molar-refractivity contribution in [3.63, 3.8) is 0 Å². The number of guanidine groups is 1. The van der Waals surface area contributed by atoms with E-state index in [9.17, 15) is 4.79 Å². The number of hydrogen-bond acceptors (Lipinski definition) is 3. The molecule has 0 bridgehead atoms. The van der Waals surface area contributed by atoms with E-state index in [1.165, 1.54) is 0 Å². The fraction of sp³-hybridized carbons (Fsp3) is 0.471. The van der Waals surface area contributed by atoms with Crippen molar-refractivity contribution in [2.45, 2.75) is 32.4 Å². The van der Waals surface area contributed by atoms with Gasteiger partial charge in [-0.15, -0.1) is 24.0 Å². The molecule has 2 N–H and O–H groups in total. The van der Waals surface area contributed by atoms with Crippen molar-refractivity contribution < 1.29 is 4.79 Å². The summed E-state index contributed by atoms with van der Waals surface area (Å²) in [6.07, 6.45) is 1.40. The zero-order chi connectivity index (χ0) is 16.7. The number of nitrogens with one attached hydrogen (secondary N) is 2. The van der Waals surface area contributed by atoms with E-state index < -0.39 is 0 Å². The topological polar surface area (TPSA) is 80.5 Å². The minimum absolute atomic E-state index is 0. The van der Waals surface area contributed by atoms with Crippen LogP contribution in [0.25, 0.3) is 0 Å². The number of carbonyl (C=O) groups is 1. The summed E-state index contributed by atoms with van der Waals surface area (Å²) < 4.78 is 0. The highest BCUT2D eigenvalue weighted by Crippen LogP contribution is 2.10. The van der Waals surface area contributed by atoms with Crippen LogP contribution in [-0.2, 0) is 11.3 Å². The number of benzene rings is 1. The molecule has 1 amide bonds. The van der Waals surface area contributed by atoms with Gasteiger partial charge in [0, 0.05) is 32.6 Å². The molecule has 0 radical (unpaired) electrons. The van der Waals surface area contributed by atoms with Crippen LogP contribution >= 0.6 is 24.0 Å². The van der Waals surface area contributed by atoms with Crippen molar-refractivity contribution in [1.82, 2.24) is 15.5 Å². The lowest BCUT2D eigenvalue weighted by Crippen LogP contribution is -2.51. The molecule has 7 heteroatoms. The molecule has 1 atom stereocenters. The number of likely N-dealkylation sites (N-methyl/N-ethyl adjacent to an activating group) is 1. The second-order valence-electron chi connectivity index (χ2n) is 5.66. The number of nitrogens with zero attached hydrogens (tertiary/aromatic N) is 3. The minimum Gasteiger partial charge on any atom is -0.357 e. The predicted molar refractivity (Wildman–Crippen MR) is 105 cm³/mol. The average Bonchev–Trinajstić information content (AvgIpc) is 2.56. The summed E-state index contributed by atoms with van der Waals surface area (Å²) in [4.78, 5) is 17.9. The van der Waals surface area contributed by atoms with E-state index in [0.717, 1.165) is 24.5 Å². The van der Waals surface area contributed by atoms with Crippen molar-refractivity contribution >= 4 is 35.8 Å². The predicted octanol–water partition coefficient (Wildman–Crippen LogP) is 1.85. The summed E-state index contributed by atoms with van der Waals surface area (Å²) in [5.41, 5.74) is 1.70. The first-order valence-corrected chi connectivity index (χ1v) is 7.90. The molecule has 0 aromatic heterocycles. The quantitative estimate of drug-likeness (QED) is 0.425. The van der Waals surface area contributed by atoms with Crippen LogP contribution in [0.15, 0.2) is 29.3 Å². The van der Waals surface area contributed by atoms with Crippen molar-refractivity contribution in [2.24, 2.45) is 4.99 Å². The van der Waals surface area contributed by atoms with Gasteiger partial charge in [-0.3, -0.25) is 4.79 Å². The lowest BCUT2D eigenvalue weighted by atomic mass is 10.1. The summed E-state index contributed by atoms with van der Waals surface area (Å²) in [6.45, 7) is 4.04. The molecule has 1 aromatic rings. The van der Waals surface area contributed by atoms with E-state index in [1.54, 1.807) is 17.0 Å². The molecule has 1 aromatic carbocycles. The third-order valence-corrected chi connectivity index (χ3v) is 3.81. The Labute approximate surface area is 160 Å². The van der Waals surface area contributed by atoms with Gasteiger partial charge in [0.05, 0.1) is 18.2 Å². The molecular weight excluding hydrogens is 417 g/mol. The van der Waals surface area contributed by atoms with Crippen molar-refractivity contribution in [2.75, 3.05) is 20.1 Å². The second kappa shape index (κ2) is 10.1. The van der Waals surface area contributed by atoms with E-state index >= 15 is 0 Å². The number of amides is 1.